The molecule has 0 aromatic rings. The van der Waals surface area contributed by atoms with Crippen molar-refractivity contribution in [2.75, 3.05) is 26.4 Å². The summed E-state index contributed by atoms with van der Waals surface area (Å²) in [6.45, 7) is -2.50. The summed E-state index contributed by atoms with van der Waals surface area (Å²) in [6.07, 6.45) is -6.09. The maximum absolute atomic E-state index is 10.6. The van der Waals surface area contributed by atoms with Crippen LogP contribution in [0.5, 0.6) is 0 Å². The third-order valence-electron chi connectivity index (χ3n) is 7.93. The van der Waals surface area contributed by atoms with E-state index in [1.54, 1.807) is 0 Å². The van der Waals surface area contributed by atoms with Crippen molar-refractivity contribution in [3.8, 4) is 0 Å². The minimum atomic E-state index is -2.56. The smallest absolute Gasteiger partial charge is 0.339 e. The molecule has 0 heterocycles. The topological polar surface area (TPSA) is 705 Å². The van der Waals surface area contributed by atoms with Crippen LogP contribution < -0.4 is 0 Å². The van der Waals surface area contributed by atoms with Crippen LogP contribution in [0.4, 0.5) is 0 Å². The van der Waals surface area contributed by atoms with E-state index in [0.29, 0.717) is 6.08 Å². The number of hydrogen-bond donors (Lipinski definition) is 17. The molecule has 0 radical (unpaired) electrons. The summed E-state index contributed by atoms with van der Waals surface area (Å²) in [6, 6.07) is 0. The predicted molar refractivity (Wildman–Crippen MR) is 231 cm³/mol. The van der Waals surface area contributed by atoms with Crippen molar-refractivity contribution in [3.63, 3.8) is 0 Å². The van der Waals surface area contributed by atoms with Gasteiger partial charge in [-0.3, -0.25) is 71.9 Å². The molecule has 7 unspecified atom stereocenters. The number of aliphatic hydroxyl groups excluding tert-OH is 1. The number of carbonyl (C=O) groups is 19. The van der Waals surface area contributed by atoms with E-state index >= 15 is 0 Å². The number of carbonyl (C=O) groups excluding carboxylic acids is 4. The van der Waals surface area contributed by atoms with Crippen molar-refractivity contribution in [1.82, 2.24) is 0 Å². The first-order valence-electron chi connectivity index (χ1n) is 20.0. The Kier molecular flexibility index (Phi) is 45.6. The molecule has 0 aliphatic heterocycles. The van der Waals surface area contributed by atoms with Gasteiger partial charge in [0, 0.05) is 12.5 Å². The molecule has 40 heteroatoms. The average Bonchev–Trinajstić information content (AvgIpc) is 3.30. The Bertz CT molecular complexity index is 2120. The highest BCUT2D eigenvalue weighted by molar-refractivity contribution is 5.95. The zero-order chi connectivity index (χ0) is 63.3. The number of carboxylic acid groups (broad SMARTS) is 15. The van der Waals surface area contributed by atoms with Crippen LogP contribution in [0.25, 0.3) is 0 Å². The second-order valence-electron chi connectivity index (χ2n) is 13.9. The lowest BCUT2D eigenvalue weighted by Gasteiger charge is -2.19. The Morgan fingerprint density at radius 3 is 1.08 bits per heavy atom. The van der Waals surface area contributed by atoms with Crippen LogP contribution in [0.15, 0.2) is 11.6 Å². The van der Waals surface area contributed by atoms with E-state index in [-0.39, 0.29) is 38.7 Å². The van der Waals surface area contributed by atoms with Crippen molar-refractivity contribution < 1.29 is 197 Å². The molecular formula is C39H50O40. The lowest BCUT2D eigenvalue weighted by atomic mass is 9.87. The molecule has 0 saturated heterocycles. The second kappa shape index (κ2) is 45.0. The number of hydrogen-bond acceptors (Lipinski definition) is 25. The molecule has 79 heavy (non-hydrogen) atoms. The number of ether oxygens (including phenoxy) is 4. The SMILES string of the molecule is O=C(O)CC(C(=O)O)C(CC(=O)O)C(=O)O.O=C(O)CCC(CC(=O)O)C(=O)O.O=COC/C(=C/C(=O)O)C(=O)O.O=COCC(C(=O)O)C(O)C(=O)O.O=COCC(CC(=O)O)C(=O)O.O=COCC(O)(CC(=O)O)C(=O)O. The van der Waals surface area contributed by atoms with E-state index in [1.165, 1.54) is 0 Å². The van der Waals surface area contributed by atoms with Gasteiger partial charge >= 0.3 is 89.5 Å². The van der Waals surface area contributed by atoms with Crippen molar-refractivity contribution in [2.45, 2.75) is 56.7 Å². The number of carboxylic acids is 15. The van der Waals surface area contributed by atoms with Crippen LogP contribution in [0.3, 0.4) is 0 Å². The Morgan fingerprint density at radius 1 is 0.418 bits per heavy atom. The molecule has 7 atom stereocenters. The zero-order valence-corrected chi connectivity index (χ0v) is 39.6. The van der Waals surface area contributed by atoms with E-state index in [1.807, 2.05) is 0 Å². The first-order valence-corrected chi connectivity index (χ1v) is 20.0. The molecule has 446 valence electrons. The first kappa shape index (κ1) is 80.0. The Hall–Kier alpha value is -10.4. The van der Waals surface area contributed by atoms with Gasteiger partial charge in [0.25, 0.3) is 25.9 Å². The van der Waals surface area contributed by atoms with E-state index in [4.69, 9.17) is 86.8 Å². The summed E-state index contributed by atoms with van der Waals surface area (Å²) in [5, 5.41) is 143. The fourth-order valence-corrected chi connectivity index (χ4v) is 4.25. The van der Waals surface area contributed by atoms with Gasteiger partial charge in [-0.25, -0.2) is 19.2 Å². The average molecular weight is 1160 g/mol. The lowest BCUT2D eigenvalue weighted by molar-refractivity contribution is -0.172. The summed E-state index contributed by atoms with van der Waals surface area (Å²) in [5.74, 6) is -29.2. The van der Waals surface area contributed by atoms with Crippen LogP contribution in [-0.2, 0) is 110 Å². The number of rotatable bonds is 36. The summed E-state index contributed by atoms with van der Waals surface area (Å²) in [5.41, 5.74) is -3.05. The van der Waals surface area contributed by atoms with Crippen molar-refractivity contribution in [1.29, 1.82) is 0 Å². The minimum Gasteiger partial charge on any atom is -0.481 e. The van der Waals surface area contributed by atoms with E-state index in [9.17, 15) is 91.1 Å². The van der Waals surface area contributed by atoms with Gasteiger partial charge in [0.15, 0.2) is 6.10 Å². The molecule has 0 aliphatic rings. The molecular weight excluding hydrogens is 1110 g/mol. The van der Waals surface area contributed by atoms with Gasteiger partial charge < -0.3 is 106 Å². The normalized spacial score (nSPS) is 12.8. The fourth-order valence-electron chi connectivity index (χ4n) is 4.25. The van der Waals surface area contributed by atoms with Crippen molar-refractivity contribution in [3.05, 3.63) is 11.6 Å². The summed E-state index contributed by atoms with van der Waals surface area (Å²) in [4.78, 5) is 193. The third-order valence-corrected chi connectivity index (χ3v) is 7.93. The van der Waals surface area contributed by atoms with Crippen molar-refractivity contribution >= 4 is 115 Å². The molecule has 17 N–H and O–H groups in total. The quantitative estimate of drug-likeness (QED) is 0.0158. The molecule has 0 fully saturated rings. The molecule has 40 nitrogen and oxygen atoms in total. The molecule has 0 amide bonds. The molecule has 0 aromatic carbocycles. The number of aliphatic hydroxyl groups is 2. The maximum Gasteiger partial charge on any atom is 0.339 e. The van der Waals surface area contributed by atoms with E-state index < -0.39 is 195 Å². The predicted octanol–water partition coefficient (Wildman–Crippen LogP) is -5.29. The molecule has 0 aliphatic carbocycles. The Labute approximate surface area is 436 Å². The van der Waals surface area contributed by atoms with Gasteiger partial charge in [0.2, 0.25) is 5.60 Å². The van der Waals surface area contributed by atoms with Crippen LogP contribution >= 0.6 is 0 Å². The van der Waals surface area contributed by atoms with Gasteiger partial charge in [-0.1, -0.05) is 0 Å². The molecule has 0 saturated carbocycles. The Morgan fingerprint density at radius 2 is 0.797 bits per heavy atom. The second-order valence-corrected chi connectivity index (χ2v) is 13.9. The highest BCUT2D eigenvalue weighted by Gasteiger charge is 2.40. The van der Waals surface area contributed by atoms with Gasteiger partial charge in [-0.15, -0.1) is 0 Å². The molecule has 0 spiro atoms. The standard InChI is InChI=1S/C8H10O8.C7H10O6.2C6H8O7.C6H8O6.C6H6O6/c9-5(10)1-3(7(13)14)4(8(15)16)2-6(11)12;8-5(9)2-1-4(7(12)13)3-6(10)11;7-3-13-2-6(12,5(10)11)1-4(8)9;7-2-13-1-3(5(9)10)4(8)6(11)12;2*7-3-12-2-4(6(10)11)1-5(8)9/h3-4H,1-2H2,(H,9,10)(H,11,12)(H,13,14)(H,15,16);4H,1-3H2,(H,8,9)(H,10,11)(H,12,13);3,12H,1-2H2,(H,8,9)(H,10,11);2-4,8H,1H2,(H,9,10)(H,11,12);3-4H,1-2H2,(H,8,9)(H,10,11);1,3H,2H2,(H,8,9)(H,10,11)/b;;;;;4-1-. The molecule has 0 rings (SSSR count). The van der Waals surface area contributed by atoms with Gasteiger partial charge in [-0.05, 0) is 6.42 Å². The van der Waals surface area contributed by atoms with Gasteiger partial charge in [0.05, 0.1) is 55.4 Å². The molecule has 0 aromatic heterocycles. The third kappa shape index (κ3) is 47.1. The lowest BCUT2D eigenvalue weighted by Crippen LogP contribution is -2.45. The highest BCUT2D eigenvalue weighted by Crippen LogP contribution is 2.21. The monoisotopic (exact) mass is 1160 g/mol. The minimum absolute atomic E-state index is 0.0233. The summed E-state index contributed by atoms with van der Waals surface area (Å²) < 4.78 is 16.2. The van der Waals surface area contributed by atoms with Crippen LogP contribution in [0.2, 0.25) is 0 Å². The van der Waals surface area contributed by atoms with Gasteiger partial charge in [-0.2, -0.15) is 0 Å². The van der Waals surface area contributed by atoms with Crippen molar-refractivity contribution in [2.24, 2.45) is 29.6 Å². The zero-order valence-electron chi connectivity index (χ0n) is 39.6. The highest BCUT2D eigenvalue weighted by atomic mass is 16.5. The van der Waals surface area contributed by atoms with Crippen LogP contribution in [-0.4, -0.2) is 240 Å². The Balaban J connectivity index is -0.000000203. The fraction of sp³-hybridized carbons (Fsp3) is 0.462. The first-order chi connectivity index (χ1) is 36.3. The van der Waals surface area contributed by atoms with E-state index in [2.05, 4.69) is 18.9 Å². The van der Waals surface area contributed by atoms with Crippen LogP contribution in [0, 0.1) is 29.6 Å². The maximum atomic E-state index is 10.6. The van der Waals surface area contributed by atoms with E-state index in [0.717, 1.165) is 0 Å². The summed E-state index contributed by atoms with van der Waals surface area (Å²) in [7, 11) is 0. The summed E-state index contributed by atoms with van der Waals surface area (Å²) >= 11 is 0. The molecule has 0 bridgehead atoms. The van der Waals surface area contributed by atoms with Gasteiger partial charge in [0.1, 0.15) is 38.3 Å². The van der Waals surface area contributed by atoms with Crippen LogP contribution in [0.1, 0.15) is 44.9 Å². The largest absolute Gasteiger partial charge is 0.481 e. The number of aliphatic carboxylic acids is 15.